The van der Waals surface area contributed by atoms with Crippen LogP contribution in [0.5, 0.6) is 0 Å². The fraction of sp³-hybridized carbons (Fsp3) is 0.190. The summed E-state index contributed by atoms with van der Waals surface area (Å²) in [5.74, 6) is -0.654. The Labute approximate surface area is 165 Å². The number of thiazole rings is 1. The first-order valence-electron chi connectivity index (χ1n) is 8.92. The molecule has 1 amide bonds. The number of aromatic nitrogens is 2. The SMILES string of the molecule is Cc1ccc(-c2csc(NC(=O)CCn3c(=O)oc4ccccc43)n2)c(C)c1. The lowest BCUT2D eigenvalue weighted by Crippen LogP contribution is -2.19. The highest BCUT2D eigenvalue weighted by molar-refractivity contribution is 7.14. The molecule has 0 aliphatic rings. The van der Waals surface area contributed by atoms with E-state index in [0.29, 0.717) is 16.2 Å². The summed E-state index contributed by atoms with van der Waals surface area (Å²) in [5.41, 5.74) is 5.45. The van der Waals surface area contributed by atoms with Crippen molar-refractivity contribution in [2.24, 2.45) is 0 Å². The molecule has 1 N–H and O–H groups in total. The Balaban J connectivity index is 1.44. The summed E-state index contributed by atoms with van der Waals surface area (Å²) in [6.07, 6.45) is 0.155. The zero-order chi connectivity index (χ0) is 19.7. The molecule has 0 fully saturated rings. The molecule has 4 aromatic rings. The van der Waals surface area contributed by atoms with E-state index < -0.39 is 5.76 Å². The standard InChI is InChI=1S/C21H19N3O3S/c1-13-7-8-15(14(2)11-13)16-12-28-20(22-16)23-19(25)9-10-24-17-5-3-4-6-18(17)27-21(24)26/h3-8,11-12H,9-10H2,1-2H3,(H,22,23,25). The van der Waals surface area contributed by atoms with Crippen molar-refractivity contribution in [1.82, 2.24) is 9.55 Å². The van der Waals surface area contributed by atoms with Crippen LogP contribution >= 0.6 is 11.3 Å². The van der Waals surface area contributed by atoms with Gasteiger partial charge in [0.2, 0.25) is 5.91 Å². The molecule has 2 aromatic carbocycles. The maximum Gasteiger partial charge on any atom is 0.419 e. The van der Waals surface area contributed by atoms with Gasteiger partial charge in [-0.15, -0.1) is 11.3 Å². The molecular weight excluding hydrogens is 374 g/mol. The van der Waals surface area contributed by atoms with E-state index in [4.69, 9.17) is 4.42 Å². The van der Waals surface area contributed by atoms with Crippen LogP contribution in [-0.4, -0.2) is 15.5 Å². The molecule has 4 rings (SSSR count). The number of nitrogens with zero attached hydrogens (tertiary/aromatic N) is 2. The van der Waals surface area contributed by atoms with Crippen molar-refractivity contribution in [2.75, 3.05) is 5.32 Å². The molecule has 0 spiro atoms. The Kier molecular flexibility index (Phi) is 4.83. The summed E-state index contributed by atoms with van der Waals surface area (Å²) in [4.78, 5) is 28.8. The number of fused-ring (bicyclic) bond motifs is 1. The first-order valence-corrected chi connectivity index (χ1v) is 9.80. The topological polar surface area (TPSA) is 77.1 Å². The predicted octanol–water partition coefficient (Wildman–Crippen LogP) is 4.36. The second kappa shape index (κ2) is 7.44. The Morgan fingerprint density at radius 1 is 1.21 bits per heavy atom. The van der Waals surface area contributed by atoms with E-state index >= 15 is 0 Å². The van der Waals surface area contributed by atoms with Gasteiger partial charge in [0.25, 0.3) is 0 Å². The van der Waals surface area contributed by atoms with Crippen molar-refractivity contribution in [3.63, 3.8) is 0 Å². The van der Waals surface area contributed by atoms with Gasteiger partial charge in [0, 0.05) is 23.9 Å². The third-order valence-corrected chi connectivity index (χ3v) is 5.30. The monoisotopic (exact) mass is 393 g/mol. The number of benzene rings is 2. The minimum absolute atomic E-state index is 0.155. The van der Waals surface area contributed by atoms with Gasteiger partial charge in [-0.05, 0) is 31.5 Å². The Bertz CT molecular complexity index is 1220. The summed E-state index contributed by atoms with van der Waals surface area (Å²) < 4.78 is 6.66. The lowest BCUT2D eigenvalue weighted by atomic mass is 10.0. The van der Waals surface area contributed by atoms with Crippen LogP contribution in [0.2, 0.25) is 0 Å². The number of nitrogens with one attached hydrogen (secondary N) is 1. The van der Waals surface area contributed by atoms with Crippen LogP contribution in [-0.2, 0) is 11.3 Å². The number of oxazole rings is 1. The van der Waals surface area contributed by atoms with Crippen molar-refractivity contribution in [3.8, 4) is 11.3 Å². The van der Waals surface area contributed by atoms with Crippen LogP contribution < -0.4 is 11.1 Å². The highest BCUT2D eigenvalue weighted by atomic mass is 32.1. The van der Waals surface area contributed by atoms with Gasteiger partial charge in [-0.25, -0.2) is 9.78 Å². The number of amides is 1. The van der Waals surface area contributed by atoms with Crippen LogP contribution in [0.3, 0.4) is 0 Å². The molecule has 7 heteroatoms. The summed E-state index contributed by atoms with van der Waals surface area (Å²) in [7, 11) is 0. The van der Waals surface area contributed by atoms with Gasteiger partial charge in [-0.3, -0.25) is 9.36 Å². The molecule has 142 valence electrons. The number of carbonyl (C=O) groups excluding carboxylic acids is 1. The molecule has 0 aliphatic heterocycles. The zero-order valence-corrected chi connectivity index (χ0v) is 16.4. The summed E-state index contributed by atoms with van der Waals surface area (Å²) in [5, 5.41) is 5.29. The average molecular weight is 393 g/mol. The van der Waals surface area contributed by atoms with Gasteiger partial charge in [-0.2, -0.15) is 0 Å². The number of anilines is 1. The van der Waals surface area contributed by atoms with Gasteiger partial charge < -0.3 is 9.73 Å². The van der Waals surface area contributed by atoms with Crippen molar-refractivity contribution in [1.29, 1.82) is 0 Å². The van der Waals surface area contributed by atoms with Crippen molar-refractivity contribution < 1.29 is 9.21 Å². The van der Waals surface area contributed by atoms with E-state index in [1.807, 2.05) is 30.5 Å². The van der Waals surface area contributed by atoms with Gasteiger partial charge in [-0.1, -0.05) is 35.9 Å². The number of hydrogen-bond acceptors (Lipinski definition) is 5. The summed E-state index contributed by atoms with van der Waals surface area (Å²) in [6, 6.07) is 13.4. The van der Waals surface area contributed by atoms with Crippen molar-refractivity contribution >= 4 is 33.5 Å². The maximum atomic E-state index is 12.3. The third kappa shape index (κ3) is 3.61. The maximum absolute atomic E-state index is 12.3. The smallest absolute Gasteiger partial charge is 0.408 e. The molecule has 2 heterocycles. The van der Waals surface area contributed by atoms with Crippen LogP contribution in [0.4, 0.5) is 5.13 Å². The van der Waals surface area contributed by atoms with E-state index in [1.54, 1.807) is 18.2 Å². The third-order valence-electron chi connectivity index (χ3n) is 4.54. The molecule has 0 saturated carbocycles. The van der Waals surface area contributed by atoms with Crippen LogP contribution in [0.1, 0.15) is 17.5 Å². The first-order chi connectivity index (χ1) is 13.5. The molecule has 0 saturated heterocycles. The average Bonchev–Trinajstić information content (AvgIpc) is 3.23. The Morgan fingerprint density at radius 3 is 2.86 bits per heavy atom. The van der Waals surface area contributed by atoms with Gasteiger partial charge in [0.05, 0.1) is 11.2 Å². The van der Waals surface area contributed by atoms with Crippen molar-refractivity contribution in [3.05, 3.63) is 69.5 Å². The number of carbonyl (C=O) groups is 1. The predicted molar refractivity (Wildman–Crippen MR) is 111 cm³/mol. The highest BCUT2D eigenvalue weighted by Gasteiger charge is 2.13. The first kappa shape index (κ1) is 18.2. The summed E-state index contributed by atoms with van der Waals surface area (Å²) >= 11 is 1.38. The van der Waals surface area contributed by atoms with Crippen LogP contribution in [0.15, 0.2) is 57.1 Å². The van der Waals surface area contributed by atoms with Crippen LogP contribution in [0, 0.1) is 13.8 Å². The lowest BCUT2D eigenvalue weighted by Gasteiger charge is -2.04. The van der Waals surface area contributed by atoms with Gasteiger partial charge in [0.1, 0.15) is 0 Å². The molecule has 28 heavy (non-hydrogen) atoms. The molecule has 0 atom stereocenters. The van der Waals surface area contributed by atoms with Crippen molar-refractivity contribution in [2.45, 2.75) is 26.8 Å². The lowest BCUT2D eigenvalue weighted by molar-refractivity contribution is -0.116. The summed E-state index contributed by atoms with van der Waals surface area (Å²) in [6.45, 7) is 4.35. The second-order valence-corrected chi connectivity index (χ2v) is 7.50. The number of hydrogen-bond donors (Lipinski definition) is 1. The minimum Gasteiger partial charge on any atom is -0.408 e. The van der Waals surface area contributed by atoms with E-state index in [9.17, 15) is 9.59 Å². The molecule has 0 unspecified atom stereocenters. The number of para-hydroxylation sites is 2. The molecule has 0 aliphatic carbocycles. The van der Waals surface area contributed by atoms with E-state index in [2.05, 4.69) is 23.3 Å². The second-order valence-electron chi connectivity index (χ2n) is 6.64. The number of rotatable bonds is 5. The molecule has 6 nitrogen and oxygen atoms in total. The van der Waals surface area contributed by atoms with Crippen LogP contribution in [0.25, 0.3) is 22.4 Å². The number of aryl methyl sites for hydroxylation is 3. The quantitative estimate of drug-likeness (QED) is 0.546. The van der Waals surface area contributed by atoms with Gasteiger partial charge in [0.15, 0.2) is 10.7 Å². The van der Waals surface area contributed by atoms with Gasteiger partial charge >= 0.3 is 5.76 Å². The fourth-order valence-electron chi connectivity index (χ4n) is 3.18. The van der Waals surface area contributed by atoms with E-state index in [-0.39, 0.29) is 18.9 Å². The normalized spacial score (nSPS) is 11.1. The molecule has 2 aromatic heterocycles. The molecule has 0 radical (unpaired) electrons. The molecule has 0 bridgehead atoms. The largest absolute Gasteiger partial charge is 0.419 e. The minimum atomic E-state index is -0.458. The Hall–Kier alpha value is -3.19. The molecular formula is C21H19N3O3S. The van der Waals surface area contributed by atoms with E-state index in [1.165, 1.54) is 21.5 Å². The van der Waals surface area contributed by atoms with E-state index in [0.717, 1.165) is 16.8 Å². The highest BCUT2D eigenvalue weighted by Crippen LogP contribution is 2.28. The zero-order valence-electron chi connectivity index (χ0n) is 15.6. The Morgan fingerprint density at radius 2 is 2.04 bits per heavy atom. The fourth-order valence-corrected chi connectivity index (χ4v) is 3.90.